The molecule has 150 valence electrons. The highest BCUT2D eigenvalue weighted by molar-refractivity contribution is 5.97. The Balaban J connectivity index is 1.84. The van der Waals surface area contributed by atoms with Crippen LogP contribution in [-0.4, -0.2) is 85.7 Å². The van der Waals surface area contributed by atoms with Crippen molar-refractivity contribution in [1.29, 1.82) is 5.26 Å². The number of likely N-dealkylation sites (N-methyl/N-ethyl adjacent to an activating group) is 1. The maximum atomic E-state index is 12.7. The largest absolute Gasteiger partial charge is 0.450 e. The molecule has 0 aromatic carbocycles. The minimum atomic E-state index is -0.279. The quantitative estimate of drug-likeness (QED) is 0.571. The fourth-order valence-corrected chi connectivity index (χ4v) is 3.52. The number of rotatable bonds is 5. The van der Waals surface area contributed by atoms with Crippen molar-refractivity contribution in [3.63, 3.8) is 0 Å². The van der Waals surface area contributed by atoms with Crippen molar-refractivity contribution in [3.8, 4) is 6.07 Å². The van der Waals surface area contributed by atoms with Crippen molar-refractivity contribution < 1.29 is 14.3 Å². The fourth-order valence-electron chi connectivity index (χ4n) is 3.52. The van der Waals surface area contributed by atoms with Gasteiger partial charge in [-0.2, -0.15) is 5.26 Å². The number of nitriles is 1. The third-order valence-electron chi connectivity index (χ3n) is 5.39. The van der Waals surface area contributed by atoms with Gasteiger partial charge in [-0.05, 0) is 52.7 Å². The lowest BCUT2D eigenvalue weighted by Gasteiger charge is -2.35. The second-order valence-electron chi connectivity index (χ2n) is 7.25. The zero-order valence-corrected chi connectivity index (χ0v) is 16.6. The van der Waals surface area contributed by atoms with Gasteiger partial charge in [-0.3, -0.25) is 4.79 Å². The van der Waals surface area contributed by atoms with Gasteiger partial charge < -0.3 is 24.8 Å². The summed E-state index contributed by atoms with van der Waals surface area (Å²) in [6.07, 6.45) is 4.63. The summed E-state index contributed by atoms with van der Waals surface area (Å²) in [4.78, 5) is 30.0. The summed E-state index contributed by atoms with van der Waals surface area (Å²) in [5.74, 6) is -0.233. The number of hydrogen-bond donors (Lipinski definition) is 1. The maximum Gasteiger partial charge on any atom is 0.409 e. The van der Waals surface area contributed by atoms with Crippen LogP contribution >= 0.6 is 0 Å². The lowest BCUT2D eigenvalue weighted by molar-refractivity contribution is -0.128. The van der Waals surface area contributed by atoms with E-state index in [1.54, 1.807) is 30.0 Å². The summed E-state index contributed by atoms with van der Waals surface area (Å²) < 4.78 is 5.01. The van der Waals surface area contributed by atoms with Gasteiger partial charge in [0.05, 0.1) is 6.61 Å². The number of nitrogens with one attached hydrogen (secondary N) is 1. The first-order valence-electron chi connectivity index (χ1n) is 9.70. The Labute approximate surface area is 161 Å². The van der Waals surface area contributed by atoms with Crippen LogP contribution in [0.5, 0.6) is 0 Å². The molecule has 0 bridgehead atoms. The van der Waals surface area contributed by atoms with Crippen LogP contribution in [0.4, 0.5) is 4.79 Å². The number of hydrogen-bond acceptors (Lipinski definition) is 6. The average molecular weight is 377 g/mol. The van der Waals surface area contributed by atoms with Crippen LogP contribution in [-0.2, 0) is 9.53 Å². The van der Waals surface area contributed by atoms with Crippen LogP contribution in [0.15, 0.2) is 11.8 Å². The maximum absolute atomic E-state index is 12.7. The first-order chi connectivity index (χ1) is 13.0. The van der Waals surface area contributed by atoms with Gasteiger partial charge in [0, 0.05) is 38.4 Å². The molecule has 0 radical (unpaired) electrons. The lowest BCUT2D eigenvalue weighted by Crippen LogP contribution is -2.45. The molecule has 8 nitrogen and oxygen atoms in total. The van der Waals surface area contributed by atoms with Gasteiger partial charge in [-0.25, -0.2) is 4.79 Å². The van der Waals surface area contributed by atoms with Gasteiger partial charge in [-0.15, -0.1) is 0 Å². The van der Waals surface area contributed by atoms with Crippen molar-refractivity contribution in [2.24, 2.45) is 0 Å². The van der Waals surface area contributed by atoms with E-state index >= 15 is 0 Å². The molecular formula is C19H31N5O3. The molecule has 2 aliphatic heterocycles. The number of amides is 2. The Kier molecular flexibility index (Phi) is 7.92. The van der Waals surface area contributed by atoms with Crippen molar-refractivity contribution in [3.05, 3.63) is 11.8 Å². The molecular weight excluding hydrogens is 346 g/mol. The number of piperidine rings is 2. The van der Waals surface area contributed by atoms with Gasteiger partial charge in [0.1, 0.15) is 11.6 Å². The van der Waals surface area contributed by atoms with Crippen LogP contribution in [0.3, 0.4) is 0 Å². The molecule has 1 N–H and O–H groups in total. The smallest absolute Gasteiger partial charge is 0.409 e. The standard InChI is InChI=1S/C19H31N5O3/c1-4-27-19(26)24-11-5-16(6-12-24)21-14-15(13-20)18(25)23(3)17-7-9-22(2)10-8-17/h14,16-17,21H,4-12H2,1-3H3/b15-14-. The normalized spacial score (nSPS) is 20.1. The van der Waals surface area contributed by atoms with E-state index in [0.29, 0.717) is 19.7 Å². The SMILES string of the molecule is CCOC(=O)N1CCC(N/C=C(/C#N)C(=O)N(C)C2CCN(C)CC2)CC1. The molecule has 2 aliphatic rings. The zero-order valence-electron chi connectivity index (χ0n) is 16.6. The Bertz CT molecular complexity index is 585. The Morgan fingerprint density at radius 3 is 2.41 bits per heavy atom. The number of likely N-dealkylation sites (tertiary alicyclic amines) is 2. The van der Waals surface area contributed by atoms with E-state index in [-0.39, 0.29) is 29.7 Å². The summed E-state index contributed by atoms with van der Waals surface area (Å²) in [6.45, 7) is 5.31. The highest BCUT2D eigenvalue weighted by Crippen LogP contribution is 2.16. The first-order valence-corrected chi connectivity index (χ1v) is 9.70. The Morgan fingerprint density at radius 2 is 1.85 bits per heavy atom. The Morgan fingerprint density at radius 1 is 1.22 bits per heavy atom. The highest BCUT2D eigenvalue weighted by atomic mass is 16.6. The molecule has 0 aliphatic carbocycles. The molecule has 2 saturated heterocycles. The van der Waals surface area contributed by atoms with Crippen molar-refractivity contribution in [2.75, 3.05) is 46.9 Å². The second kappa shape index (κ2) is 10.2. The molecule has 8 heteroatoms. The fraction of sp³-hybridized carbons (Fsp3) is 0.737. The third kappa shape index (κ3) is 5.86. The molecule has 0 atom stereocenters. The van der Waals surface area contributed by atoms with E-state index in [1.165, 1.54) is 0 Å². The number of ether oxygens (including phenoxy) is 1. The molecule has 0 aromatic heterocycles. The summed E-state index contributed by atoms with van der Waals surface area (Å²) in [6, 6.07) is 2.34. The van der Waals surface area contributed by atoms with E-state index in [1.807, 2.05) is 6.07 Å². The topological polar surface area (TPSA) is 88.9 Å². The number of nitrogens with zero attached hydrogens (tertiary/aromatic N) is 4. The summed E-state index contributed by atoms with van der Waals surface area (Å²) in [5, 5.41) is 12.6. The van der Waals surface area contributed by atoms with Crippen LogP contribution in [0.25, 0.3) is 0 Å². The van der Waals surface area contributed by atoms with E-state index in [4.69, 9.17) is 4.74 Å². The molecule has 2 rings (SSSR count). The Hall–Kier alpha value is -2.27. The minimum Gasteiger partial charge on any atom is -0.450 e. The molecule has 2 fully saturated rings. The van der Waals surface area contributed by atoms with Gasteiger partial charge in [0.2, 0.25) is 0 Å². The number of carbonyl (C=O) groups is 2. The zero-order chi connectivity index (χ0) is 19.8. The van der Waals surface area contributed by atoms with Gasteiger partial charge in [-0.1, -0.05) is 0 Å². The van der Waals surface area contributed by atoms with E-state index < -0.39 is 0 Å². The average Bonchev–Trinajstić information content (AvgIpc) is 2.69. The van der Waals surface area contributed by atoms with Crippen LogP contribution in [0.2, 0.25) is 0 Å². The summed E-state index contributed by atoms with van der Waals surface area (Å²) in [7, 11) is 3.86. The third-order valence-corrected chi connectivity index (χ3v) is 5.39. The van der Waals surface area contributed by atoms with Crippen LogP contribution in [0.1, 0.15) is 32.6 Å². The minimum absolute atomic E-state index is 0.129. The molecule has 0 saturated carbocycles. The van der Waals surface area contributed by atoms with Gasteiger partial charge in [0.15, 0.2) is 0 Å². The predicted octanol–water partition coefficient (Wildman–Crippen LogP) is 1.16. The molecule has 0 spiro atoms. The summed E-state index contributed by atoms with van der Waals surface area (Å²) >= 11 is 0. The van der Waals surface area contributed by atoms with Crippen molar-refractivity contribution >= 4 is 12.0 Å². The van der Waals surface area contributed by atoms with Gasteiger partial charge >= 0.3 is 6.09 Å². The van der Waals surface area contributed by atoms with E-state index in [0.717, 1.165) is 38.8 Å². The molecule has 0 unspecified atom stereocenters. The van der Waals surface area contributed by atoms with Crippen molar-refractivity contribution in [2.45, 2.75) is 44.7 Å². The highest BCUT2D eigenvalue weighted by Gasteiger charge is 2.27. The molecule has 2 amide bonds. The molecule has 27 heavy (non-hydrogen) atoms. The van der Waals surface area contributed by atoms with E-state index in [9.17, 15) is 14.9 Å². The van der Waals surface area contributed by atoms with Crippen molar-refractivity contribution in [1.82, 2.24) is 20.0 Å². The number of carbonyl (C=O) groups excluding carboxylic acids is 2. The van der Waals surface area contributed by atoms with Gasteiger partial charge in [0.25, 0.3) is 5.91 Å². The molecule has 2 heterocycles. The van der Waals surface area contributed by atoms with Crippen LogP contribution < -0.4 is 5.32 Å². The summed E-state index contributed by atoms with van der Waals surface area (Å²) in [5.41, 5.74) is 0.129. The van der Waals surface area contributed by atoms with E-state index in [2.05, 4.69) is 17.3 Å². The predicted molar refractivity (Wildman–Crippen MR) is 102 cm³/mol. The lowest BCUT2D eigenvalue weighted by atomic mass is 10.0. The molecule has 0 aromatic rings. The van der Waals surface area contributed by atoms with Crippen LogP contribution in [0, 0.1) is 11.3 Å². The monoisotopic (exact) mass is 377 g/mol. The second-order valence-corrected chi connectivity index (χ2v) is 7.25. The first kappa shape index (κ1) is 21.0.